The number of ketones is 1. The van der Waals surface area contributed by atoms with Gasteiger partial charge in [0.1, 0.15) is 18.1 Å². The van der Waals surface area contributed by atoms with Crippen LogP contribution in [0.5, 0.6) is 5.75 Å². The molecule has 0 aliphatic heterocycles. The molecule has 0 bridgehead atoms. The normalized spacial score (nSPS) is 10.6. The Morgan fingerprint density at radius 1 is 1.10 bits per heavy atom. The number of aryl methyl sites for hydroxylation is 1. The molecule has 3 aromatic rings. The molecule has 0 radical (unpaired) electrons. The number of aromatic nitrogens is 1. The largest absolute Gasteiger partial charge is 0.485 e. The summed E-state index contributed by atoms with van der Waals surface area (Å²) in [5.41, 5.74) is 3.83. The zero-order valence-electron chi connectivity index (χ0n) is 16.8. The highest BCUT2D eigenvalue weighted by Gasteiger charge is 2.13. The highest BCUT2D eigenvalue weighted by molar-refractivity contribution is 5.99. The number of hydrogen-bond donors (Lipinski definition) is 1. The molecular formula is C23H24N2O4. The molecule has 3 rings (SSSR count). The minimum Gasteiger partial charge on any atom is -0.485 e. The van der Waals surface area contributed by atoms with E-state index >= 15 is 0 Å². The van der Waals surface area contributed by atoms with E-state index in [-0.39, 0.29) is 18.3 Å². The van der Waals surface area contributed by atoms with Crippen LogP contribution in [0.4, 0.5) is 5.69 Å². The first-order valence-corrected chi connectivity index (χ1v) is 9.56. The summed E-state index contributed by atoms with van der Waals surface area (Å²) in [6.45, 7) is 5.56. The second-order valence-corrected chi connectivity index (χ2v) is 6.90. The van der Waals surface area contributed by atoms with E-state index < -0.39 is 0 Å². The number of carbonyl (C=O) groups excluding carboxylic acids is 2. The van der Waals surface area contributed by atoms with Crippen molar-refractivity contribution in [1.29, 1.82) is 0 Å². The number of anilines is 1. The predicted molar refractivity (Wildman–Crippen MR) is 111 cm³/mol. The third-order valence-corrected chi connectivity index (χ3v) is 4.40. The molecule has 0 aliphatic carbocycles. The summed E-state index contributed by atoms with van der Waals surface area (Å²) in [6.07, 6.45) is 1.19. The molecule has 0 saturated carbocycles. The van der Waals surface area contributed by atoms with Gasteiger partial charge in [-0.2, -0.15) is 0 Å². The van der Waals surface area contributed by atoms with Crippen molar-refractivity contribution in [3.05, 3.63) is 65.4 Å². The van der Waals surface area contributed by atoms with Crippen LogP contribution in [0.1, 0.15) is 48.4 Å². The number of Topliss-reactive ketones (excluding diaryl/α,β-unsaturated/α-hetero) is 1. The Hall–Kier alpha value is -3.41. The molecule has 2 aromatic carbocycles. The molecule has 0 unspecified atom stereocenters. The number of rotatable bonds is 8. The van der Waals surface area contributed by atoms with Crippen LogP contribution < -0.4 is 10.1 Å². The number of nitrogens with one attached hydrogen (secondary N) is 1. The lowest BCUT2D eigenvalue weighted by Crippen LogP contribution is -2.11. The van der Waals surface area contributed by atoms with Crippen LogP contribution in [0.3, 0.4) is 0 Å². The van der Waals surface area contributed by atoms with Gasteiger partial charge < -0.3 is 14.6 Å². The van der Waals surface area contributed by atoms with E-state index in [4.69, 9.17) is 9.26 Å². The SMILES string of the molecule is CCCC(=O)Nc1ccc(OCc2cc(-c3ccc(C)cc3)no2)c(C(C)=O)c1. The van der Waals surface area contributed by atoms with E-state index in [1.54, 1.807) is 18.2 Å². The number of carbonyl (C=O) groups is 2. The van der Waals surface area contributed by atoms with Gasteiger partial charge in [-0.1, -0.05) is 41.9 Å². The molecule has 0 fully saturated rings. The summed E-state index contributed by atoms with van der Waals surface area (Å²) in [5, 5.41) is 6.87. The second-order valence-electron chi connectivity index (χ2n) is 6.90. The standard InChI is InChI=1S/C23H24N2O4/c1-4-5-23(27)24-18-10-11-22(20(12-18)16(3)26)28-14-19-13-21(25-29-19)17-8-6-15(2)7-9-17/h6-13H,4-5,14H2,1-3H3,(H,24,27). The first-order valence-electron chi connectivity index (χ1n) is 9.56. The van der Waals surface area contributed by atoms with Crippen molar-refractivity contribution < 1.29 is 18.8 Å². The molecular weight excluding hydrogens is 368 g/mol. The van der Waals surface area contributed by atoms with E-state index in [0.29, 0.717) is 29.2 Å². The zero-order valence-corrected chi connectivity index (χ0v) is 16.8. The first-order chi connectivity index (χ1) is 14.0. The van der Waals surface area contributed by atoms with Crippen LogP contribution in [-0.4, -0.2) is 16.8 Å². The van der Waals surface area contributed by atoms with Crippen LogP contribution in [0.2, 0.25) is 0 Å². The Labute approximate surface area is 169 Å². The molecule has 0 aliphatic rings. The van der Waals surface area contributed by atoms with Crippen molar-refractivity contribution in [2.24, 2.45) is 0 Å². The zero-order chi connectivity index (χ0) is 20.8. The smallest absolute Gasteiger partial charge is 0.224 e. The Balaban J connectivity index is 1.70. The van der Waals surface area contributed by atoms with Gasteiger partial charge in [0, 0.05) is 23.7 Å². The van der Waals surface area contributed by atoms with Crippen molar-refractivity contribution in [3.8, 4) is 17.0 Å². The van der Waals surface area contributed by atoms with Gasteiger partial charge in [0.05, 0.1) is 5.56 Å². The maximum Gasteiger partial charge on any atom is 0.224 e. The molecule has 0 saturated heterocycles. The highest BCUT2D eigenvalue weighted by Crippen LogP contribution is 2.26. The molecule has 1 heterocycles. The van der Waals surface area contributed by atoms with Gasteiger partial charge in [-0.3, -0.25) is 9.59 Å². The summed E-state index contributed by atoms with van der Waals surface area (Å²) in [5.74, 6) is 0.750. The summed E-state index contributed by atoms with van der Waals surface area (Å²) in [6, 6.07) is 14.8. The van der Waals surface area contributed by atoms with Gasteiger partial charge >= 0.3 is 0 Å². The quantitative estimate of drug-likeness (QED) is 0.535. The number of amides is 1. The molecule has 150 valence electrons. The van der Waals surface area contributed by atoms with E-state index in [1.165, 1.54) is 12.5 Å². The molecule has 6 heteroatoms. The molecule has 6 nitrogen and oxygen atoms in total. The Morgan fingerprint density at radius 3 is 2.55 bits per heavy atom. The fourth-order valence-electron chi connectivity index (χ4n) is 2.85. The summed E-state index contributed by atoms with van der Waals surface area (Å²) < 4.78 is 11.2. The van der Waals surface area contributed by atoms with Crippen molar-refractivity contribution in [3.63, 3.8) is 0 Å². The lowest BCUT2D eigenvalue weighted by molar-refractivity contribution is -0.116. The average Bonchev–Trinajstić information content (AvgIpc) is 3.16. The molecule has 1 amide bonds. The fraction of sp³-hybridized carbons (Fsp3) is 0.261. The lowest BCUT2D eigenvalue weighted by Gasteiger charge is -2.11. The van der Waals surface area contributed by atoms with E-state index in [1.807, 2.05) is 44.2 Å². The van der Waals surface area contributed by atoms with Crippen molar-refractivity contribution in [2.45, 2.75) is 40.2 Å². The maximum atomic E-state index is 12.0. The number of benzene rings is 2. The third kappa shape index (κ3) is 5.31. The van der Waals surface area contributed by atoms with E-state index in [2.05, 4.69) is 10.5 Å². The predicted octanol–water partition coefficient (Wildman–Crippen LogP) is 5.17. The Morgan fingerprint density at radius 2 is 1.86 bits per heavy atom. The minimum absolute atomic E-state index is 0.0824. The number of hydrogen-bond acceptors (Lipinski definition) is 5. The summed E-state index contributed by atoms with van der Waals surface area (Å²) >= 11 is 0. The van der Waals surface area contributed by atoms with E-state index in [9.17, 15) is 9.59 Å². The maximum absolute atomic E-state index is 12.0. The summed E-state index contributed by atoms with van der Waals surface area (Å²) in [7, 11) is 0. The van der Waals surface area contributed by atoms with Crippen LogP contribution in [0, 0.1) is 6.92 Å². The second kappa shape index (κ2) is 9.19. The monoisotopic (exact) mass is 392 g/mol. The third-order valence-electron chi connectivity index (χ3n) is 4.40. The van der Waals surface area contributed by atoms with Crippen LogP contribution >= 0.6 is 0 Å². The van der Waals surface area contributed by atoms with Crippen molar-refractivity contribution in [1.82, 2.24) is 5.16 Å². The Bertz CT molecular complexity index is 1010. The molecule has 0 spiro atoms. The highest BCUT2D eigenvalue weighted by atomic mass is 16.5. The average molecular weight is 392 g/mol. The lowest BCUT2D eigenvalue weighted by atomic mass is 10.1. The minimum atomic E-state index is -0.149. The Kier molecular flexibility index (Phi) is 6.44. The van der Waals surface area contributed by atoms with Crippen LogP contribution in [-0.2, 0) is 11.4 Å². The van der Waals surface area contributed by atoms with Gasteiger partial charge in [0.15, 0.2) is 11.5 Å². The van der Waals surface area contributed by atoms with Crippen LogP contribution in [0.15, 0.2) is 53.1 Å². The summed E-state index contributed by atoms with van der Waals surface area (Å²) in [4.78, 5) is 23.8. The molecule has 1 aromatic heterocycles. The van der Waals surface area contributed by atoms with Gasteiger partial charge in [0.2, 0.25) is 5.91 Å². The first kappa shape index (κ1) is 20.3. The number of nitrogens with zero attached hydrogens (tertiary/aromatic N) is 1. The van der Waals surface area contributed by atoms with Crippen molar-refractivity contribution in [2.75, 3.05) is 5.32 Å². The molecule has 1 N–H and O–H groups in total. The van der Waals surface area contributed by atoms with Crippen LogP contribution in [0.25, 0.3) is 11.3 Å². The molecule has 0 atom stereocenters. The van der Waals surface area contributed by atoms with Gasteiger partial charge in [-0.15, -0.1) is 0 Å². The van der Waals surface area contributed by atoms with Gasteiger partial charge in [-0.05, 0) is 38.5 Å². The van der Waals surface area contributed by atoms with Crippen molar-refractivity contribution >= 4 is 17.4 Å². The molecule has 29 heavy (non-hydrogen) atoms. The van der Waals surface area contributed by atoms with E-state index in [0.717, 1.165) is 17.7 Å². The number of ether oxygens (including phenoxy) is 1. The fourth-order valence-corrected chi connectivity index (χ4v) is 2.85. The topological polar surface area (TPSA) is 81.4 Å². The van der Waals surface area contributed by atoms with Gasteiger partial charge in [0.25, 0.3) is 0 Å². The van der Waals surface area contributed by atoms with Gasteiger partial charge in [-0.25, -0.2) is 0 Å².